The van der Waals surface area contributed by atoms with Gasteiger partial charge in [0, 0.05) is 24.6 Å². The Balaban J connectivity index is 2.14. The Kier molecular flexibility index (Phi) is 2.31. The van der Waals surface area contributed by atoms with Gasteiger partial charge in [-0.25, -0.2) is 4.98 Å². The molecule has 10 heteroatoms. The minimum absolute atomic E-state index is 0.213. The largest absolute Gasteiger partial charge is 0.421 e. The number of hydrogen-bond donors (Lipinski definition) is 2. The smallest absolute Gasteiger partial charge is 0.367 e. The van der Waals surface area contributed by atoms with E-state index in [1.165, 1.54) is 6.07 Å². The van der Waals surface area contributed by atoms with E-state index in [4.69, 9.17) is 12.3 Å². The van der Waals surface area contributed by atoms with Gasteiger partial charge in [-0.3, -0.25) is 4.68 Å². The van der Waals surface area contributed by atoms with Crippen molar-refractivity contribution in [1.82, 2.24) is 19.7 Å². The first-order valence-electron chi connectivity index (χ1n) is 11.8. The molecule has 0 atom stereocenters. The van der Waals surface area contributed by atoms with Gasteiger partial charge in [-0.1, -0.05) is 0 Å². The molecule has 0 spiro atoms. The van der Waals surface area contributed by atoms with Crippen LogP contribution in [-0.4, -0.2) is 25.8 Å². The third-order valence-corrected chi connectivity index (χ3v) is 3.48. The number of aryl methyl sites for hydroxylation is 1. The van der Waals surface area contributed by atoms with Crippen LogP contribution in [0.25, 0.3) is 0 Å². The zero-order valence-corrected chi connectivity index (χ0v) is 13.0. The van der Waals surface area contributed by atoms with E-state index in [2.05, 4.69) is 25.7 Å². The standard InChI is InChI=1S/C16H18F3N7/c1-9-12(7-26(25-9)15(2,3)8-20)23-14-21-6-11(16(17,18)19)13(24-14)22-10-4-5-10/h6-7,10H,4-5H2,1-3H3,(H2,21,22,23,24)/i1D3,2D3,3D3. The van der Waals surface area contributed by atoms with Gasteiger partial charge >= 0.3 is 6.18 Å². The van der Waals surface area contributed by atoms with E-state index in [1.54, 1.807) is 0 Å². The van der Waals surface area contributed by atoms with Crippen LogP contribution in [0.15, 0.2) is 12.4 Å². The quantitative estimate of drug-likeness (QED) is 0.831. The second kappa shape index (κ2) is 6.16. The molecule has 0 aliphatic heterocycles. The first-order valence-corrected chi connectivity index (χ1v) is 7.31. The molecule has 138 valence electrons. The lowest BCUT2D eigenvalue weighted by atomic mass is 10.1. The Morgan fingerprint density at radius 1 is 1.38 bits per heavy atom. The maximum atomic E-state index is 13.3. The molecule has 0 radical (unpaired) electrons. The summed E-state index contributed by atoms with van der Waals surface area (Å²) in [4.78, 5) is 7.32. The number of alkyl halides is 3. The third kappa shape index (κ3) is 3.71. The first kappa shape index (κ1) is 9.75. The summed E-state index contributed by atoms with van der Waals surface area (Å²) >= 11 is 0. The van der Waals surface area contributed by atoms with Crippen LogP contribution in [-0.2, 0) is 11.7 Å². The van der Waals surface area contributed by atoms with Gasteiger partial charge in [0.1, 0.15) is 16.9 Å². The second-order valence-electron chi connectivity index (χ2n) is 5.66. The van der Waals surface area contributed by atoms with Gasteiger partial charge in [0.25, 0.3) is 0 Å². The molecule has 26 heavy (non-hydrogen) atoms. The lowest BCUT2D eigenvalue weighted by molar-refractivity contribution is -0.137. The summed E-state index contributed by atoms with van der Waals surface area (Å²) in [5.41, 5.74) is -5.78. The molecular formula is C16H18F3N7. The summed E-state index contributed by atoms with van der Waals surface area (Å²) < 4.78 is 109. The molecule has 1 aliphatic rings. The van der Waals surface area contributed by atoms with E-state index in [1.807, 2.05) is 0 Å². The fourth-order valence-corrected chi connectivity index (χ4v) is 1.99. The number of anilines is 3. The normalized spacial score (nSPS) is 21.4. The molecule has 1 aliphatic carbocycles. The number of rotatable bonds is 5. The van der Waals surface area contributed by atoms with Gasteiger partial charge < -0.3 is 10.6 Å². The van der Waals surface area contributed by atoms with Crippen LogP contribution in [0, 0.1) is 18.2 Å². The molecule has 0 amide bonds. The molecule has 2 aromatic rings. The topological polar surface area (TPSA) is 91.5 Å². The Hall–Kier alpha value is -2.83. The van der Waals surface area contributed by atoms with Crippen LogP contribution in [0.3, 0.4) is 0 Å². The van der Waals surface area contributed by atoms with Gasteiger partial charge in [0.05, 0.1) is 23.6 Å². The third-order valence-electron chi connectivity index (χ3n) is 3.48. The van der Waals surface area contributed by atoms with Crippen LogP contribution in [0.5, 0.6) is 0 Å². The lowest BCUT2D eigenvalue weighted by Gasteiger charge is -2.15. The van der Waals surface area contributed by atoms with Crippen LogP contribution in [0.1, 0.15) is 50.1 Å². The average molecular weight is 374 g/mol. The highest BCUT2D eigenvalue weighted by molar-refractivity contribution is 5.58. The number of halogens is 3. The zero-order chi connectivity index (χ0) is 26.6. The van der Waals surface area contributed by atoms with Crippen molar-refractivity contribution in [2.45, 2.75) is 51.2 Å². The molecule has 1 saturated carbocycles. The van der Waals surface area contributed by atoms with E-state index in [0.717, 1.165) is 0 Å². The SMILES string of the molecule is [2H]C([2H])([2H])c1nn(C(C#N)(C([2H])([2H])[2H])C([2H])([2H])[2H])cc1Nc1ncc(C(F)(F)F)c(NC2CC2)n1. The average Bonchev–Trinajstić information content (AvgIpc) is 3.36. The Morgan fingerprint density at radius 3 is 2.73 bits per heavy atom. The number of nitrogens with zero attached hydrogens (tertiary/aromatic N) is 5. The predicted molar refractivity (Wildman–Crippen MR) is 88.9 cm³/mol. The lowest BCUT2D eigenvalue weighted by Crippen LogP contribution is -2.24. The van der Waals surface area contributed by atoms with Crippen molar-refractivity contribution in [3.05, 3.63) is 23.7 Å². The summed E-state index contributed by atoms with van der Waals surface area (Å²) in [7, 11) is 0. The van der Waals surface area contributed by atoms with Gasteiger partial charge in [-0.15, -0.1) is 0 Å². The van der Waals surface area contributed by atoms with Gasteiger partial charge in [-0.05, 0) is 33.4 Å². The minimum atomic E-state index is -4.78. The molecule has 0 saturated heterocycles. The molecule has 0 unspecified atom stereocenters. The Labute approximate surface area is 160 Å². The minimum Gasteiger partial charge on any atom is -0.367 e. The molecular weight excluding hydrogens is 347 g/mol. The van der Waals surface area contributed by atoms with E-state index < -0.39 is 61.0 Å². The predicted octanol–water partition coefficient (Wildman–Crippen LogP) is 3.58. The number of aromatic nitrogens is 4. The number of nitriles is 1. The van der Waals surface area contributed by atoms with Crippen molar-refractivity contribution < 1.29 is 25.5 Å². The summed E-state index contributed by atoms with van der Waals surface area (Å²) in [6.45, 7) is -10.00. The van der Waals surface area contributed by atoms with Crippen LogP contribution in [0.2, 0.25) is 0 Å². The van der Waals surface area contributed by atoms with Crippen molar-refractivity contribution in [3.8, 4) is 6.07 Å². The van der Waals surface area contributed by atoms with E-state index in [0.29, 0.717) is 25.2 Å². The van der Waals surface area contributed by atoms with Gasteiger partial charge in [-0.2, -0.15) is 28.5 Å². The van der Waals surface area contributed by atoms with Crippen molar-refractivity contribution in [3.63, 3.8) is 0 Å². The Morgan fingerprint density at radius 2 is 2.15 bits per heavy atom. The van der Waals surface area contributed by atoms with Crippen LogP contribution >= 0.6 is 0 Å². The van der Waals surface area contributed by atoms with Crippen molar-refractivity contribution in [2.75, 3.05) is 10.6 Å². The number of nitrogens with one attached hydrogen (secondary N) is 2. The summed E-state index contributed by atoms with van der Waals surface area (Å²) in [5, 5.41) is 18.2. The highest BCUT2D eigenvalue weighted by Crippen LogP contribution is 2.36. The van der Waals surface area contributed by atoms with E-state index >= 15 is 0 Å². The maximum absolute atomic E-state index is 13.3. The fourth-order valence-electron chi connectivity index (χ4n) is 1.99. The maximum Gasteiger partial charge on any atom is 0.421 e. The summed E-state index contributed by atoms with van der Waals surface area (Å²) in [6.07, 6.45) is -2.39. The molecule has 7 nitrogen and oxygen atoms in total. The van der Waals surface area contributed by atoms with E-state index in [-0.39, 0.29) is 10.7 Å². The molecule has 1 fully saturated rings. The zero-order valence-electron chi connectivity index (χ0n) is 22.0. The summed E-state index contributed by atoms with van der Waals surface area (Å²) in [6, 6.07) is 1.000. The highest BCUT2D eigenvalue weighted by atomic mass is 19.4. The van der Waals surface area contributed by atoms with Crippen LogP contribution in [0.4, 0.5) is 30.6 Å². The van der Waals surface area contributed by atoms with Crippen molar-refractivity contribution in [2.24, 2.45) is 0 Å². The molecule has 0 aromatic carbocycles. The molecule has 2 heterocycles. The molecule has 0 bridgehead atoms. The van der Waals surface area contributed by atoms with Crippen LogP contribution < -0.4 is 10.6 Å². The molecule has 2 N–H and O–H groups in total. The van der Waals surface area contributed by atoms with Gasteiger partial charge in [0.15, 0.2) is 0 Å². The summed E-state index contributed by atoms with van der Waals surface area (Å²) in [5.74, 6) is -1.06. The Bertz CT molecular complexity index is 1130. The second-order valence-corrected chi connectivity index (χ2v) is 5.66. The first-order chi connectivity index (χ1) is 15.8. The van der Waals surface area contributed by atoms with Crippen molar-refractivity contribution >= 4 is 17.5 Å². The van der Waals surface area contributed by atoms with Gasteiger partial charge in [0.2, 0.25) is 5.95 Å². The molecule has 3 rings (SSSR count). The monoisotopic (exact) mass is 374 g/mol. The highest BCUT2D eigenvalue weighted by Gasteiger charge is 2.37. The molecule has 2 aromatic heterocycles. The van der Waals surface area contributed by atoms with Crippen molar-refractivity contribution in [1.29, 1.82) is 5.26 Å². The number of hydrogen-bond acceptors (Lipinski definition) is 6. The fraction of sp³-hybridized carbons (Fsp3) is 0.500. The van der Waals surface area contributed by atoms with E-state index in [9.17, 15) is 18.4 Å².